The lowest BCUT2D eigenvalue weighted by Gasteiger charge is -2.23. The molecule has 0 amide bonds. The third-order valence-electron chi connectivity index (χ3n) is 1.46. The van der Waals surface area contributed by atoms with Crippen LogP contribution in [0.1, 0.15) is 20.8 Å². The van der Waals surface area contributed by atoms with Crippen LogP contribution < -0.4 is 5.32 Å². The van der Waals surface area contributed by atoms with Gasteiger partial charge in [-0.05, 0) is 32.9 Å². The smallest absolute Gasteiger partial charge is 0.0722 e. The van der Waals surface area contributed by atoms with Crippen molar-refractivity contribution < 1.29 is 0 Å². The lowest BCUT2D eigenvalue weighted by atomic mass is 10.1. The molecule has 13 heavy (non-hydrogen) atoms. The summed E-state index contributed by atoms with van der Waals surface area (Å²) in [5.41, 5.74) is 0.771. The molecule has 0 saturated heterocycles. The zero-order valence-electron chi connectivity index (χ0n) is 7.99. The first-order chi connectivity index (χ1) is 5.90. The fraction of sp³-hybridized carbons (Fsp3) is 0.400. The van der Waals surface area contributed by atoms with Crippen LogP contribution in [0.2, 0.25) is 10.0 Å². The summed E-state index contributed by atoms with van der Waals surface area (Å²) in [5.74, 6) is 0. The van der Waals surface area contributed by atoms with Crippen molar-refractivity contribution in [2.24, 2.45) is 0 Å². The Morgan fingerprint density at radius 1 is 1.08 bits per heavy atom. The molecule has 1 N–H and O–H groups in total. The summed E-state index contributed by atoms with van der Waals surface area (Å²) in [5, 5.41) is 4.56. The van der Waals surface area contributed by atoms with E-state index in [1.54, 1.807) is 0 Å². The fourth-order valence-electron chi connectivity index (χ4n) is 0.992. The van der Waals surface area contributed by atoms with E-state index in [-0.39, 0.29) is 5.54 Å². The van der Waals surface area contributed by atoms with Gasteiger partial charge in [-0.2, -0.15) is 0 Å². The molecule has 72 valence electrons. The van der Waals surface area contributed by atoms with E-state index in [0.29, 0.717) is 10.0 Å². The predicted molar refractivity (Wildman–Crippen MR) is 59.8 cm³/mol. The lowest BCUT2D eigenvalue weighted by molar-refractivity contribution is 0.634. The summed E-state index contributed by atoms with van der Waals surface area (Å²) in [7, 11) is 0. The van der Waals surface area contributed by atoms with Crippen LogP contribution in [0, 0.1) is 0 Å². The van der Waals surface area contributed by atoms with Crippen LogP contribution in [0.5, 0.6) is 0 Å². The van der Waals surface area contributed by atoms with E-state index in [9.17, 15) is 0 Å². The second-order valence-electron chi connectivity index (χ2n) is 3.97. The topological polar surface area (TPSA) is 12.0 Å². The number of rotatable bonds is 1. The van der Waals surface area contributed by atoms with Gasteiger partial charge in [-0.1, -0.05) is 29.3 Å². The van der Waals surface area contributed by atoms with Crippen molar-refractivity contribution >= 4 is 28.9 Å². The highest BCUT2D eigenvalue weighted by Gasteiger charge is 2.13. The van der Waals surface area contributed by atoms with E-state index in [4.69, 9.17) is 23.2 Å². The van der Waals surface area contributed by atoms with Crippen molar-refractivity contribution in [3.05, 3.63) is 28.2 Å². The minimum Gasteiger partial charge on any atom is -0.378 e. The summed E-state index contributed by atoms with van der Waals surface area (Å²) in [4.78, 5) is 0. The highest BCUT2D eigenvalue weighted by molar-refractivity contribution is 6.39. The molecule has 0 spiro atoms. The Bertz CT molecular complexity index is 282. The molecule has 0 aliphatic carbocycles. The van der Waals surface area contributed by atoms with Crippen molar-refractivity contribution in [3.8, 4) is 0 Å². The van der Waals surface area contributed by atoms with Crippen molar-refractivity contribution in [2.45, 2.75) is 26.3 Å². The molecule has 3 heteroatoms. The van der Waals surface area contributed by atoms with Crippen molar-refractivity contribution in [3.63, 3.8) is 0 Å². The van der Waals surface area contributed by atoms with Gasteiger partial charge in [0.1, 0.15) is 0 Å². The highest BCUT2D eigenvalue weighted by atomic mass is 35.5. The maximum atomic E-state index is 5.99. The normalized spacial score (nSPS) is 11.5. The SMILES string of the molecule is CC(C)(C)Nc1c(Cl)cccc1Cl. The van der Waals surface area contributed by atoms with Crippen LogP contribution >= 0.6 is 23.2 Å². The van der Waals surface area contributed by atoms with Crippen LogP contribution in [0.4, 0.5) is 5.69 Å². The number of benzene rings is 1. The van der Waals surface area contributed by atoms with Gasteiger partial charge in [-0.25, -0.2) is 0 Å². The molecular formula is C10H13Cl2N. The Labute approximate surface area is 89.0 Å². The van der Waals surface area contributed by atoms with Crippen LogP contribution in [-0.4, -0.2) is 5.54 Å². The van der Waals surface area contributed by atoms with E-state index in [0.717, 1.165) is 5.69 Å². The Balaban J connectivity index is 3.00. The Kier molecular flexibility index (Phi) is 3.09. The fourth-order valence-corrected chi connectivity index (χ4v) is 1.48. The number of nitrogens with one attached hydrogen (secondary N) is 1. The zero-order valence-corrected chi connectivity index (χ0v) is 9.50. The van der Waals surface area contributed by atoms with Crippen LogP contribution in [0.3, 0.4) is 0 Å². The third kappa shape index (κ3) is 3.09. The molecule has 0 atom stereocenters. The van der Waals surface area contributed by atoms with Gasteiger partial charge in [0.15, 0.2) is 0 Å². The maximum absolute atomic E-state index is 5.99. The van der Waals surface area contributed by atoms with Crippen LogP contribution in [0.25, 0.3) is 0 Å². The van der Waals surface area contributed by atoms with Gasteiger partial charge in [-0.15, -0.1) is 0 Å². The first-order valence-corrected chi connectivity index (χ1v) is 4.88. The van der Waals surface area contributed by atoms with E-state index in [1.165, 1.54) is 0 Å². The molecule has 0 unspecified atom stereocenters. The first kappa shape index (κ1) is 10.7. The van der Waals surface area contributed by atoms with Gasteiger partial charge < -0.3 is 5.32 Å². The van der Waals surface area contributed by atoms with Gasteiger partial charge in [0.25, 0.3) is 0 Å². The van der Waals surface area contributed by atoms with Crippen molar-refractivity contribution in [1.82, 2.24) is 0 Å². The number of hydrogen-bond donors (Lipinski definition) is 1. The average Bonchev–Trinajstić information content (AvgIpc) is 1.95. The van der Waals surface area contributed by atoms with Gasteiger partial charge in [0.2, 0.25) is 0 Å². The Morgan fingerprint density at radius 3 is 1.92 bits per heavy atom. The molecule has 0 saturated carbocycles. The van der Waals surface area contributed by atoms with Crippen molar-refractivity contribution in [1.29, 1.82) is 0 Å². The standard InChI is InChI=1S/C10H13Cl2N/c1-10(2,3)13-9-7(11)5-4-6-8(9)12/h4-6,13H,1-3H3. The molecule has 0 aliphatic rings. The predicted octanol–water partition coefficient (Wildman–Crippen LogP) is 4.20. The summed E-state index contributed by atoms with van der Waals surface area (Å²) >= 11 is 12.0. The molecule has 1 rings (SSSR count). The Morgan fingerprint density at radius 2 is 1.54 bits per heavy atom. The van der Waals surface area contributed by atoms with Gasteiger partial charge in [0, 0.05) is 5.54 Å². The quantitative estimate of drug-likeness (QED) is 0.744. The van der Waals surface area contributed by atoms with E-state index in [1.807, 2.05) is 18.2 Å². The Hall–Kier alpha value is -0.400. The number of para-hydroxylation sites is 1. The second-order valence-corrected chi connectivity index (χ2v) is 4.79. The minimum atomic E-state index is -0.0331. The van der Waals surface area contributed by atoms with Crippen LogP contribution in [0.15, 0.2) is 18.2 Å². The summed E-state index contributed by atoms with van der Waals surface area (Å²) in [6.45, 7) is 6.19. The highest BCUT2D eigenvalue weighted by Crippen LogP contribution is 2.31. The summed E-state index contributed by atoms with van der Waals surface area (Å²) < 4.78 is 0. The zero-order chi connectivity index (χ0) is 10.1. The molecule has 0 radical (unpaired) electrons. The molecular weight excluding hydrogens is 205 g/mol. The largest absolute Gasteiger partial charge is 0.378 e. The number of halogens is 2. The van der Waals surface area contributed by atoms with Crippen LogP contribution in [-0.2, 0) is 0 Å². The van der Waals surface area contributed by atoms with Gasteiger partial charge in [-0.3, -0.25) is 0 Å². The van der Waals surface area contributed by atoms with E-state index < -0.39 is 0 Å². The maximum Gasteiger partial charge on any atom is 0.0722 e. The van der Waals surface area contributed by atoms with Crippen molar-refractivity contribution in [2.75, 3.05) is 5.32 Å². The molecule has 0 aromatic heterocycles. The number of anilines is 1. The summed E-state index contributed by atoms with van der Waals surface area (Å²) in [6.07, 6.45) is 0. The van der Waals surface area contributed by atoms with E-state index >= 15 is 0 Å². The van der Waals surface area contributed by atoms with Gasteiger partial charge >= 0.3 is 0 Å². The lowest BCUT2D eigenvalue weighted by Crippen LogP contribution is -2.26. The summed E-state index contributed by atoms with van der Waals surface area (Å²) in [6, 6.07) is 5.47. The first-order valence-electron chi connectivity index (χ1n) is 4.12. The van der Waals surface area contributed by atoms with Gasteiger partial charge in [0.05, 0.1) is 15.7 Å². The molecule has 0 fully saturated rings. The molecule has 0 heterocycles. The van der Waals surface area contributed by atoms with E-state index in [2.05, 4.69) is 26.1 Å². The monoisotopic (exact) mass is 217 g/mol. The third-order valence-corrected chi connectivity index (χ3v) is 2.09. The molecule has 0 aliphatic heterocycles. The number of hydrogen-bond acceptors (Lipinski definition) is 1. The second kappa shape index (κ2) is 3.77. The molecule has 1 aromatic rings. The molecule has 1 nitrogen and oxygen atoms in total. The molecule has 1 aromatic carbocycles. The average molecular weight is 218 g/mol. The minimum absolute atomic E-state index is 0.0331. The molecule has 0 bridgehead atoms.